The van der Waals surface area contributed by atoms with E-state index in [0.717, 1.165) is 0 Å². The van der Waals surface area contributed by atoms with Gasteiger partial charge in [0, 0.05) is 6.54 Å². The average Bonchev–Trinajstić information content (AvgIpc) is 2.56. The largest absolute Gasteiger partial charge is 0.309 e. The van der Waals surface area contributed by atoms with Gasteiger partial charge in [0.2, 0.25) is 0 Å². The van der Waals surface area contributed by atoms with Crippen LogP contribution in [-0.4, -0.2) is 41.7 Å². The van der Waals surface area contributed by atoms with E-state index in [1.807, 2.05) is 5.20 Å². The maximum Gasteiger partial charge on any atom is 0.0773 e. The second-order valence-electron chi connectivity index (χ2n) is 7.85. The lowest BCUT2D eigenvalue weighted by molar-refractivity contribution is 0.412. The summed E-state index contributed by atoms with van der Waals surface area (Å²) < 4.78 is 0. The van der Waals surface area contributed by atoms with Crippen molar-refractivity contribution in [2.45, 2.75) is 52.1 Å². The number of hydrogen-bond acceptors (Lipinski definition) is 1. The molecule has 0 amide bonds. The van der Waals surface area contributed by atoms with Gasteiger partial charge in [0.25, 0.3) is 0 Å². The Morgan fingerprint density at radius 1 is 1.00 bits per heavy atom. The molecule has 0 spiro atoms. The lowest BCUT2D eigenvalue weighted by Gasteiger charge is -2.30. The van der Waals surface area contributed by atoms with E-state index in [9.17, 15) is 0 Å². The fourth-order valence-corrected chi connectivity index (χ4v) is 8.91. The van der Waals surface area contributed by atoms with Crippen LogP contribution in [0.1, 0.15) is 12.8 Å². The molecule has 0 radical (unpaired) electrons. The molecule has 0 N–H and O–H groups in total. The van der Waals surface area contributed by atoms with E-state index in [1.54, 1.807) is 10.8 Å². The topological polar surface area (TPSA) is 3.24 Å². The molecule has 0 fully saturated rings. The van der Waals surface area contributed by atoms with Crippen LogP contribution in [0, 0.1) is 0 Å². The number of nitrogens with zero attached hydrogens (tertiary/aromatic N) is 1. The first-order valence-corrected chi connectivity index (χ1v) is 14.1. The molecule has 3 heteroatoms. The van der Waals surface area contributed by atoms with Crippen molar-refractivity contribution in [2.75, 3.05) is 20.6 Å². The van der Waals surface area contributed by atoms with Crippen LogP contribution in [0.15, 0.2) is 22.0 Å². The molecule has 0 heterocycles. The maximum atomic E-state index is 2.56. The molecule has 0 unspecified atom stereocenters. The van der Waals surface area contributed by atoms with E-state index < -0.39 is 16.1 Å². The zero-order chi connectivity index (χ0) is 14.1. The minimum Gasteiger partial charge on any atom is -0.309 e. The first-order valence-electron chi connectivity index (χ1n) is 7.11. The Labute approximate surface area is 116 Å². The quantitative estimate of drug-likeness (QED) is 0.678. The Morgan fingerprint density at radius 2 is 1.56 bits per heavy atom. The smallest absolute Gasteiger partial charge is 0.0773 e. The molecule has 1 aliphatic carbocycles. The number of hydrogen-bond donors (Lipinski definition) is 0. The molecular weight excluding hydrogens is 250 g/mol. The summed E-state index contributed by atoms with van der Waals surface area (Å²) in [5, 5.41) is 3.60. The van der Waals surface area contributed by atoms with Crippen LogP contribution in [-0.2, 0) is 0 Å². The molecule has 0 aromatic heterocycles. The van der Waals surface area contributed by atoms with Gasteiger partial charge < -0.3 is 4.90 Å². The van der Waals surface area contributed by atoms with E-state index in [-0.39, 0.29) is 0 Å². The molecule has 1 aliphatic rings. The van der Waals surface area contributed by atoms with Gasteiger partial charge in [-0.05, 0) is 26.9 Å². The highest BCUT2D eigenvalue weighted by Gasteiger charge is 2.34. The van der Waals surface area contributed by atoms with Crippen LogP contribution in [0.5, 0.6) is 0 Å². The molecule has 0 aromatic rings. The maximum absolute atomic E-state index is 2.56. The van der Waals surface area contributed by atoms with Gasteiger partial charge in [0.1, 0.15) is 0 Å². The van der Waals surface area contributed by atoms with Crippen molar-refractivity contribution in [3.05, 3.63) is 22.0 Å². The zero-order valence-corrected chi connectivity index (χ0v) is 15.6. The highest BCUT2D eigenvalue weighted by atomic mass is 28.3. The van der Waals surface area contributed by atoms with Gasteiger partial charge in [0.15, 0.2) is 0 Å². The van der Waals surface area contributed by atoms with Crippen molar-refractivity contribution in [2.24, 2.45) is 0 Å². The molecule has 104 valence electrons. The van der Waals surface area contributed by atoms with E-state index in [0.29, 0.717) is 0 Å². The monoisotopic (exact) mass is 281 g/mol. The third-order valence-electron chi connectivity index (χ3n) is 3.59. The third kappa shape index (κ3) is 3.93. The highest BCUT2D eigenvalue weighted by molar-refractivity contribution is 6.92. The summed E-state index contributed by atoms with van der Waals surface area (Å²) in [5.41, 5.74) is 1.75. The fraction of sp³-hybridized carbons (Fsp3) is 0.733. The molecule has 0 aliphatic heterocycles. The van der Waals surface area contributed by atoms with Gasteiger partial charge in [0.05, 0.1) is 16.1 Å². The molecule has 0 aromatic carbocycles. The molecule has 18 heavy (non-hydrogen) atoms. The predicted octanol–water partition coefficient (Wildman–Crippen LogP) is 4.32. The Hall–Kier alpha value is -0.126. The Bertz CT molecular complexity index is 365. The molecular formula is C15H31NSi2. The van der Waals surface area contributed by atoms with Gasteiger partial charge in [-0.2, -0.15) is 0 Å². The van der Waals surface area contributed by atoms with Gasteiger partial charge in [-0.1, -0.05) is 61.3 Å². The summed E-state index contributed by atoms with van der Waals surface area (Å²) in [6, 6.07) is 0. The second-order valence-corrected chi connectivity index (χ2v) is 17.9. The molecule has 0 bridgehead atoms. The normalized spacial score (nSPS) is 17.7. The van der Waals surface area contributed by atoms with Crippen LogP contribution in [0.25, 0.3) is 0 Å². The van der Waals surface area contributed by atoms with E-state index in [4.69, 9.17) is 0 Å². The van der Waals surface area contributed by atoms with Crippen molar-refractivity contribution < 1.29 is 0 Å². The summed E-state index contributed by atoms with van der Waals surface area (Å²) >= 11 is 0. The van der Waals surface area contributed by atoms with E-state index >= 15 is 0 Å². The number of rotatable bonds is 5. The Balaban J connectivity index is 3.05. The third-order valence-corrected chi connectivity index (χ3v) is 8.04. The van der Waals surface area contributed by atoms with E-state index in [1.165, 1.54) is 19.4 Å². The zero-order valence-electron chi connectivity index (χ0n) is 13.6. The fourth-order valence-electron chi connectivity index (χ4n) is 2.82. The Kier molecular flexibility index (Phi) is 4.84. The minimum atomic E-state index is -1.20. The molecule has 0 saturated carbocycles. The van der Waals surface area contributed by atoms with E-state index in [2.05, 4.69) is 64.4 Å². The SMILES string of the molecule is CN(C)CCC1=C([Si](C)(C)C)C([Si](C)(C)C)=CC1. The van der Waals surface area contributed by atoms with Gasteiger partial charge in [-0.15, -0.1) is 0 Å². The van der Waals surface area contributed by atoms with Crippen molar-refractivity contribution in [1.82, 2.24) is 4.90 Å². The van der Waals surface area contributed by atoms with Crippen LogP contribution < -0.4 is 0 Å². The first-order chi connectivity index (χ1) is 8.03. The van der Waals surface area contributed by atoms with Gasteiger partial charge >= 0.3 is 0 Å². The van der Waals surface area contributed by atoms with Crippen LogP contribution in [0.2, 0.25) is 39.3 Å². The predicted molar refractivity (Wildman–Crippen MR) is 89.6 cm³/mol. The highest BCUT2D eigenvalue weighted by Crippen LogP contribution is 2.39. The molecule has 0 atom stereocenters. The first kappa shape index (κ1) is 15.9. The number of allylic oxidation sites excluding steroid dienone is 3. The standard InChI is InChI=1S/C15H31NSi2/c1-16(2)12-11-13-9-10-14(17(3,4)5)15(13)18(6,7)8/h10H,9,11-12H2,1-8H3. The van der Waals surface area contributed by atoms with Crippen LogP contribution >= 0.6 is 0 Å². The lowest BCUT2D eigenvalue weighted by atomic mass is 10.1. The summed E-state index contributed by atoms with van der Waals surface area (Å²) in [6.45, 7) is 16.2. The summed E-state index contributed by atoms with van der Waals surface area (Å²) in [4.78, 5) is 2.31. The summed E-state index contributed by atoms with van der Waals surface area (Å²) in [5.74, 6) is 0. The van der Waals surface area contributed by atoms with Gasteiger partial charge in [-0.3, -0.25) is 0 Å². The molecule has 1 nitrogen and oxygen atoms in total. The molecule has 1 rings (SSSR count). The van der Waals surface area contributed by atoms with Crippen molar-refractivity contribution in [1.29, 1.82) is 0 Å². The summed E-state index contributed by atoms with van der Waals surface area (Å²) in [6.07, 6.45) is 5.05. The minimum absolute atomic E-state index is 1.17. The summed E-state index contributed by atoms with van der Waals surface area (Å²) in [7, 11) is 1.98. The second kappa shape index (κ2) is 5.47. The molecule has 0 saturated heterocycles. The average molecular weight is 282 g/mol. The van der Waals surface area contributed by atoms with Crippen molar-refractivity contribution >= 4 is 16.1 Å². The van der Waals surface area contributed by atoms with Crippen molar-refractivity contribution in [3.8, 4) is 0 Å². The lowest BCUT2D eigenvalue weighted by Crippen LogP contribution is -2.34. The van der Waals surface area contributed by atoms with Crippen LogP contribution in [0.4, 0.5) is 0 Å². The Morgan fingerprint density at radius 3 is 1.94 bits per heavy atom. The van der Waals surface area contributed by atoms with Gasteiger partial charge in [-0.25, -0.2) is 0 Å². The van der Waals surface area contributed by atoms with Crippen molar-refractivity contribution in [3.63, 3.8) is 0 Å². The van der Waals surface area contributed by atoms with Crippen LogP contribution in [0.3, 0.4) is 0 Å².